The summed E-state index contributed by atoms with van der Waals surface area (Å²) in [6.07, 6.45) is 1.24. The highest BCUT2D eigenvalue weighted by atomic mass is 19.1. The lowest BCUT2D eigenvalue weighted by Crippen LogP contribution is -2.55. The Hall–Kier alpha value is -0.970. The molecule has 0 bridgehead atoms. The van der Waals surface area contributed by atoms with Crippen molar-refractivity contribution in [3.05, 3.63) is 35.1 Å². The maximum absolute atomic E-state index is 13.5. The van der Waals surface area contributed by atoms with Crippen molar-refractivity contribution in [3.63, 3.8) is 0 Å². The summed E-state index contributed by atoms with van der Waals surface area (Å²) in [7, 11) is 2.21. The first-order valence-corrected chi connectivity index (χ1v) is 8.93. The molecule has 1 aromatic rings. The molecular formula is C19H30FN3. The SMILES string of the molecule is Cc1ccc(F)cc1CN1CC[C@H](N2CCN(C)CC2)[C@H](C)C1. The van der Waals surface area contributed by atoms with Crippen LogP contribution in [-0.2, 0) is 6.54 Å². The molecule has 2 saturated heterocycles. The summed E-state index contributed by atoms with van der Waals surface area (Å²) < 4.78 is 13.5. The molecule has 3 rings (SSSR count). The fourth-order valence-electron chi connectivity index (χ4n) is 4.11. The molecule has 4 heteroatoms. The summed E-state index contributed by atoms with van der Waals surface area (Å²) in [5.74, 6) is 0.562. The number of hydrogen-bond acceptors (Lipinski definition) is 3. The largest absolute Gasteiger partial charge is 0.304 e. The Morgan fingerprint density at radius 3 is 2.57 bits per heavy atom. The van der Waals surface area contributed by atoms with E-state index in [1.165, 1.54) is 38.2 Å². The Labute approximate surface area is 140 Å². The van der Waals surface area contributed by atoms with E-state index >= 15 is 0 Å². The zero-order chi connectivity index (χ0) is 16.4. The lowest BCUT2D eigenvalue weighted by atomic mass is 9.91. The van der Waals surface area contributed by atoms with E-state index in [0.717, 1.165) is 25.2 Å². The van der Waals surface area contributed by atoms with Gasteiger partial charge in [-0.1, -0.05) is 13.0 Å². The second-order valence-corrected chi connectivity index (χ2v) is 7.48. The minimum Gasteiger partial charge on any atom is -0.304 e. The van der Waals surface area contributed by atoms with Crippen molar-refractivity contribution < 1.29 is 4.39 Å². The number of piperazine rings is 1. The summed E-state index contributed by atoms with van der Waals surface area (Å²) in [4.78, 5) is 7.61. The molecule has 0 radical (unpaired) electrons. The third-order valence-corrected chi connectivity index (χ3v) is 5.66. The van der Waals surface area contributed by atoms with Gasteiger partial charge in [-0.2, -0.15) is 0 Å². The van der Waals surface area contributed by atoms with Gasteiger partial charge in [-0.15, -0.1) is 0 Å². The zero-order valence-corrected chi connectivity index (χ0v) is 14.8. The molecule has 2 heterocycles. The molecule has 0 aliphatic carbocycles. The second kappa shape index (κ2) is 7.29. The Morgan fingerprint density at radius 1 is 1.13 bits per heavy atom. The molecule has 2 aliphatic heterocycles. The van der Waals surface area contributed by atoms with Crippen molar-refractivity contribution in [2.45, 2.75) is 32.9 Å². The first kappa shape index (κ1) is 16.9. The second-order valence-electron chi connectivity index (χ2n) is 7.48. The summed E-state index contributed by atoms with van der Waals surface area (Å²) in [6, 6.07) is 5.87. The molecule has 23 heavy (non-hydrogen) atoms. The number of nitrogens with zero attached hydrogens (tertiary/aromatic N) is 3. The Kier molecular flexibility index (Phi) is 5.34. The van der Waals surface area contributed by atoms with Crippen LogP contribution in [0.5, 0.6) is 0 Å². The van der Waals surface area contributed by atoms with Gasteiger partial charge in [0.05, 0.1) is 0 Å². The molecular weight excluding hydrogens is 289 g/mol. The minimum absolute atomic E-state index is 0.119. The molecule has 2 fully saturated rings. The topological polar surface area (TPSA) is 9.72 Å². The first-order chi connectivity index (χ1) is 11.0. The number of benzene rings is 1. The third-order valence-electron chi connectivity index (χ3n) is 5.66. The molecule has 0 aromatic heterocycles. The zero-order valence-electron chi connectivity index (χ0n) is 14.8. The number of aryl methyl sites for hydroxylation is 1. The van der Waals surface area contributed by atoms with E-state index in [1.807, 2.05) is 6.07 Å². The number of rotatable bonds is 3. The molecule has 128 valence electrons. The Bertz CT molecular complexity index is 525. The predicted molar refractivity (Wildman–Crippen MR) is 93.1 cm³/mol. The number of hydrogen-bond donors (Lipinski definition) is 0. The predicted octanol–water partition coefficient (Wildman–Crippen LogP) is 2.59. The quantitative estimate of drug-likeness (QED) is 0.848. The van der Waals surface area contributed by atoms with E-state index in [0.29, 0.717) is 12.0 Å². The van der Waals surface area contributed by atoms with E-state index in [9.17, 15) is 4.39 Å². The number of likely N-dealkylation sites (N-methyl/N-ethyl adjacent to an activating group) is 1. The fourth-order valence-corrected chi connectivity index (χ4v) is 4.11. The lowest BCUT2D eigenvalue weighted by Gasteiger charge is -2.45. The van der Waals surface area contributed by atoms with Crippen LogP contribution in [0.2, 0.25) is 0 Å². The number of likely N-dealkylation sites (tertiary alicyclic amines) is 1. The number of piperidine rings is 1. The maximum Gasteiger partial charge on any atom is 0.123 e. The van der Waals surface area contributed by atoms with Gasteiger partial charge in [-0.25, -0.2) is 4.39 Å². The third kappa shape index (κ3) is 4.11. The fraction of sp³-hybridized carbons (Fsp3) is 0.684. The van der Waals surface area contributed by atoms with Crippen molar-refractivity contribution in [2.75, 3.05) is 46.3 Å². The molecule has 0 N–H and O–H groups in total. The van der Waals surface area contributed by atoms with Crippen molar-refractivity contribution in [1.82, 2.24) is 14.7 Å². The standard InChI is InChI=1S/C19H30FN3/c1-15-4-5-18(20)12-17(15)14-22-7-6-19(16(2)13-22)23-10-8-21(3)9-11-23/h4-5,12,16,19H,6-11,13-14H2,1-3H3/t16-,19+/m1/s1. The normalized spacial score (nSPS) is 28.2. The van der Waals surface area contributed by atoms with E-state index in [1.54, 1.807) is 12.1 Å². The molecule has 2 aliphatic rings. The van der Waals surface area contributed by atoms with Gasteiger partial charge in [-0.05, 0) is 56.1 Å². The molecule has 0 saturated carbocycles. The average molecular weight is 319 g/mol. The van der Waals surface area contributed by atoms with Gasteiger partial charge >= 0.3 is 0 Å². The Balaban J connectivity index is 1.57. The molecule has 1 aromatic carbocycles. The summed E-state index contributed by atoms with van der Waals surface area (Å²) >= 11 is 0. The van der Waals surface area contributed by atoms with Crippen LogP contribution >= 0.6 is 0 Å². The molecule has 2 atom stereocenters. The summed E-state index contributed by atoms with van der Waals surface area (Å²) in [5.41, 5.74) is 2.33. The van der Waals surface area contributed by atoms with Gasteiger partial charge in [-0.3, -0.25) is 9.80 Å². The van der Waals surface area contributed by atoms with Crippen molar-refractivity contribution >= 4 is 0 Å². The lowest BCUT2D eigenvalue weighted by molar-refractivity contribution is 0.0324. The van der Waals surface area contributed by atoms with Crippen LogP contribution in [0.25, 0.3) is 0 Å². The van der Waals surface area contributed by atoms with Crippen molar-refractivity contribution in [3.8, 4) is 0 Å². The van der Waals surface area contributed by atoms with Crippen LogP contribution in [0, 0.1) is 18.7 Å². The van der Waals surface area contributed by atoms with Crippen LogP contribution < -0.4 is 0 Å². The average Bonchev–Trinajstić information content (AvgIpc) is 2.52. The monoisotopic (exact) mass is 319 g/mol. The van der Waals surface area contributed by atoms with Gasteiger partial charge in [0.2, 0.25) is 0 Å². The molecule has 0 unspecified atom stereocenters. The minimum atomic E-state index is -0.119. The van der Waals surface area contributed by atoms with Crippen LogP contribution in [0.15, 0.2) is 18.2 Å². The molecule has 0 spiro atoms. The maximum atomic E-state index is 13.5. The molecule has 3 nitrogen and oxygen atoms in total. The smallest absolute Gasteiger partial charge is 0.123 e. The van der Waals surface area contributed by atoms with E-state index < -0.39 is 0 Å². The van der Waals surface area contributed by atoms with Gasteiger partial charge in [0, 0.05) is 45.3 Å². The Morgan fingerprint density at radius 2 is 1.87 bits per heavy atom. The summed E-state index contributed by atoms with van der Waals surface area (Å²) in [5, 5.41) is 0. The van der Waals surface area contributed by atoms with E-state index in [4.69, 9.17) is 0 Å². The van der Waals surface area contributed by atoms with E-state index in [-0.39, 0.29) is 5.82 Å². The van der Waals surface area contributed by atoms with E-state index in [2.05, 4.69) is 35.6 Å². The highest BCUT2D eigenvalue weighted by Gasteiger charge is 2.31. The van der Waals surface area contributed by atoms with Crippen molar-refractivity contribution in [1.29, 1.82) is 0 Å². The summed E-state index contributed by atoms with van der Waals surface area (Å²) in [6.45, 7) is 12.4. The molecule has 0 amide bonds. The van der Waals surface area contributed by atoms with Gasteiger partial charge in [0.15, 0.2) is 0 Å². The van der Waals surface area contributed by atoms with Crippen LogP contribution in [-0.4, -0.2) is 67.1 Å². The highest BCUT2D eigenvalue weighted by molar-refractivity contribution is 5.26. The van der Waals surface area contributed by atoms with Gasteiger partial charge in [0.1, 0.15) is 5.82 Å². The van der Waals surface area contributed by atoms with Crippen LogP contribution in [0.1, 0.15) is 24.5 Å². The van der Waals surface area contributed by atoms with Crippen molar-refractivity contribution in [2.24, 2.45) is 5.92 Å². The van der Waals surface area contributed by atoms with Gasteiger partial charge < -0.3 is 4.90 Å². The van der Waals surface area contributed by atoms with Gasteiger partial charge in [0.25, 0.3) is 0 Å². The van der Waals surface area contributed by atoms with Crippen LogP contribution in [0.4, 0.5) is 4.39 Å². The van der Waals surface area contributed by atoms with Crippen LogP contribution in [0.3, 0.4) is 0 Å². The number of halogens is 1. The highest BCUT2D eigenvalue weighted by Crippen LogP contribution is 2.25. The first-order valence-electron chi connectivity index (χ1n) is 8.93.